The maximum absolute atomic E-state index is 12.6. The molecule has 0 aliphatic heterocycles. The Morgan fingerprint density at radius 3 is 2.58 bits per heavy atom. The number of hydrogen-bond acceptors (Lipinski definition) is 8. The molecule has 0 fully saturated rings. The van der Waals surface area contributed by atoms with Crippen molar-refractivity contribution in [2.75, 3.05) is 13.2 Å². The highest BCUT2D eigenvalue weighted by molar-refractivity contribution is 7.32. The molecule has 0 bridgehead atoms. The molecule has 1 unspecified atom stereocenters. The van der Waals surface area contributed by atoms with Crippen LogP contribution in [0.15, 0.2) is 15.9 Å². The summed E-state index contributed by atoms with van der Waals surface area (Å²) in [6.45, 7) is 2.81. The van der Waals surface area contributed by atoms with Crippen molar-refractivity contribution >= 4 is 19.4 Å². The molecule has 0 aliphatic carbocycles. The molecule has 0 saturated carbocycles. The summed E-state index contributed by atoms with van der Waals surface area (Å²) in [5.74, 6) is 0. The molecule has 1 atom stereocenters. The van der Waals surface area contributed by atoms with Gasteiger partial charge >= 0.3 is 13.9 Å². The van der Waals surface area contributed by atoms with Crippen LogP contribution in [0, 0.1) is 0 Å². The van der Waals surface area contributed by atoms with Crippen molar-refractivity contribution in [1.29, 1.82) is 0 Å². The Bertz CT molecular complexity index is 844. The molecule has 0 aromatic carbocycles. The van der Waals surface area contributed by atoms with Gasteiger partial charge in [-0.2, -0.15) is 0 Å². The Hall–Kier alpha value is -1.82. The second-order valence-electron chi connectivity index (χ2n) is 5.13. The first-order chi connectivity index (χ1) is 11.5. The number of fused-ring (bicyclic) bond motifs is 1. The topological polar surface area (TPSA) is 188 Å². The summed E-state index contributed by atoms with van der Waals surface area (Å²) in [5.41, 5.74) is -0.266. The summed E-state index contributed by atoms with van der Waals surface area (Å²) in [6.07, 6.45) is 2.40. The molecule has 7 N–H and O–H groups in total. The highest BCUT2D eigenvalue weighted by Crippen LogP contribution is 2.14. The first-order valence-electron chi connectivity index (χ1n) is 7.55. The number of aryl methyl sites for hydroxylation is 1. The van der Waals surface area contributed by atoms with Crippen LogP contribution in [0.4, 0.5) is 0 Å². The molecule has 2 aromatic heterocycles. The van der Waals surface area contributed by atoms with Gasteiger partial charge in [0.15, 0.2) is 11.2 Å². The Morgan fingerprint density at radius 1 is 1.27 bits per heavy atom. The number of ether oxygens (including phenoxy) is 1. The molecular formula is C13H27N6O6P. The summed E-state index contributed by atoms with van der Waals surface area (Å²) < 4.78 is 24.4. The minimum atomic E-state index is -2.95. The average molecular weight is 394 g/mol. The zero-order valence-corrected chi connectivity index (χ0v) is 16.0. The van der Waals surface area contributed by atoms with Gasteiger partial charge in [-0.3, -0.25) is 18.5 Å². The third kappa shape index (κ3) is 5.34. The maximum Gasteiger partial charge on any atom is 0.332 e. The van der Waals surface area contributed by atoms with Crippen molar-refractivity contribution in [3.63, 3.8) is 0 Å². The van der Waals surface area contributed by atoms with Gasteiger partial charge in [-0.05, 0) is 19.8 Å². The zero-order chi connectivity index (χ0) is 17.7. The van der Waals surface area contributed by atoms with Gasteiger partial charge in [0.25, 0.3) is 5.56 Å². The fraction of sp³-hybridized carbons (Fsp3) is 0.615. The van der Waals surface area contributed by atoms with Crippen LogP contribution >= 0.6 is 8.25 Å². The van der Waals surface area contributed by atoms with Gasteiger partial charge < -0.3 is 31.0 Å². The molecule has 12 nitrogen and oxygen atoms in total. The van der Waals surface area contributed by atoms with Crippen molar-refractivity contribution in [3.8, 4) is 0 Å². The molecule has 150 valence electrons. The SMILES string of the molecule is CCOCn1cnc2c1c(=O)n(CCCCO[PH](=O)O)c(=O)n2C.N.N. The Labute approximate surface area is 150 Å². The summed E-state index contributed by atoms with van der Waals surface area (Å²) >= 11 is 0. The standard InChI is InChI=1S/C13H21N4O6P.2H3N/c1-3-22-9-16-8-14-11-10(16)12(18)17(13(19)15(11)2)6-4-5-7-23-24(20)21;;/h8,24H,3-7,9H2,1-2H3,(H,20,21);2*1H3. The molecule has 2 heterocycles. The van der Waals surface area contributed by atoms with Crippen molar-refractivity contribution in [3.05, 3.63) is 27.2 Å². The average Bonchev–Trinajstić information content (AvgIpc) is 2.97. The first kappa shape index (κ1) is 24.2. The van der Waals surface area contributed by atoms with Crippen LogP contribution in [0.2, 0.25) is 0 Å². The van der Waals surface area contributed by atoms with Crippen LogP contribution in [-0.4, -0.2) is 36.8 Å². The van der Waals surface area contributed by atoms with E-state index in [1.165, 1.54) is 10.9 Å². The number of hydrogen-bond donors (Lipinski definition) is 3. The maximum atomic E-state index is 12.6. The van der Waals surface area contributed by atoms with E-state index in [1.54, 1.807) is 11.6 Å². The van der Waals surface area contributed by atoms with Crippen LogP contribution in [0.1, 0.15) is 19.8 Å². The van der Waals surface area contributed by atoms with Crippen molar-refractivity contribution in [2.45, 2.75) is 33.0 Å². The number of aromatic nitrogens is 4. The van der Waals surface area contributed by atoms with E-state index >= 15 is 0 Å². The van der Waals surface area contributed by atoms with Crippen molar-refractivity contribution < 1.29 is 18.7 Å². The second-order valence-corrected chi connectivity index (χ2v) is 5.95. The molecular weight excluding hydrogens is 367 g/mol. The predicted octanol–water partition coefficient (Wildman–Crippen LogP) is 0.394. The lowest BCUT2D eigenvalue weighted by atomic mass is 10.3. The van der Waals surface area contributed by atoms with Crippen LogP contribution < -0.4 is 23.6 Å². The summed E-state index contributed by atoms with van der Waals surface area (Å²) in [6, 6.07) is 0. The van der Waals surface area contributed by atoms with E-state index in [1.807, 2.05) is 6.92 Å². The minimum absolute atomic E-state index is 0. The van der Waals surface area contributed by atoms with Gasteiger partial charge in [0.05, 0.1) is 12.9 Å². The molecule has 26 heavy (non-hydrogen) atoms. The van der Waals surface area contributed by atoms with E-state index in [2.05, 4.69) is 9.51 Å². The van der Waals surface area contributed by atoms with Crippen LogP contribution in [0.25, 0.3) is 11.2 Å². The summed E-state index contributed by atoms with van der Waals surface area (Å²) in [4.78, 5) is 37.7. The van der Waals surface area contributed by atoms with Crippen LogP contribution in [-0.2, 0) is 34.1 Å². The van der Waals surface area contributed by atoms with E-state index in [4.69, 9.17) is 9.63 Å². The normalized spacial score (nSPS) is 11.8. The quantitative estimate of drug-likeness (QED) is 0.399. The third-order valence-electron chi connectivity index (χ3n) is 3.54. The predicted molar refractivity (Wildman–Crippen MR) is 97.3 cm³/mol. The second kappa shape index (κ2) is 11.0. The van der Waals surface area contributed by atoms with Crippen LogP contribution in [0.5, 0.6) is 0 Å². The molecule has 2 aromatic rings. The highest BCUT2D eigenvalue weighted by Gasteiger charge is 2.15. The molecule has 0 spiro atoms. The van der Waals surface area contributed by atoms with Gasteiger partial charge in [0.2, 0.25) is 0 Å². The highest BCUT2D eigenvalue weighted by atomic mass is 31.1. The number of rotatable bonds is 9. The van der Waals surface area contributed by atoms with Crippen molar-refractivity contribution in [2.24, 2.45) is 7.05 Å². The lowest BCUT2D eigenvalue weighted by molar-refractivity contribution is 0.0903. The van der Waals surface area contributed by atoms with E-state index in [0.717, 1.165) is 4.57 Å². The van der Waals surface area contributed by atoms with Crippen molar-refractivity contribution in [1.82, 2.24) is 31.0 Å². The van der Waals surface area contributed by atoms with E-state index in [9.17, 15) is 14.2 Å². The van der Waals surface area contributed by atoms with E-state index < -0.39 is 19.5 Å². The molecule has 0 aliphatic rings. The monoisotopic (exact) mass is 394 g/mol. The smallest absolute Gasteiger partial charge is 0.332 e. The molecule has 2 rings (SSSR count). The molecule has 0 amide bonds. The van der Waals surface area contributed by atoms with Gasteiger partial charge in [0.1, 0.15) is 6.73 Å². The molecule has 0 radical (unpaired) electrons. The largest absolute Gasteiger partial charge is 0.361 e. The summed E-state index contributed by atoms with van der Waals surface area (Å²) in [5, 5.41) is 0. The number of imidazole rings is 1. The Morgan fingerprint density at radius 2 is 1.96 bits per heavy atom. The van der Waals surface area contributed by atoms with Gasteiger partial charge in [-0.1, -0.05) is 0 Å². The van der Waals surface area contributed by atoms with Crippen LogP contribution in [0.3, 0.4) is 0 Å². The fourth-order valence-electron chi connectivity index (χ4n) is 2.34. The minimum Gasteiger partial charge on any atom is -0.361 e. The van der Waals surface area contributed by atoms with E-state index in [-0.39, 0.29) is 32.2 Å². The van der Waals surface area contributed by atoms with E-state index in [0.29, 0.717) is 30.6 Å². The molecule has 13 heteroatoms. The lowest BCUT2D eigenvalue weighted by Gasteiger charge is -2.09. The van der Waals surface area contributed by atoms with Gasteiger partial charge in [-0.15, -0.1) is 0 Å². The van der Waals surface area contributed by atoms with Gasteiger partial charge in [0, 0.05) is 20.2 Å². The van der Waals surface area contributed by atoms with Gasteiger partial charge in [-0.25, -0.2) is 9.78 Å². The Balaban J connectivity index is 0.00000312. The third-order valence-corrected chi connectivity index (χ3v) is 3.99. The lowest BCUT2D eigenvalue weighted by Crippen LogP contribution is -2.39. The zero-order valence-electron chi connectivity index (χ0n) is 15.0. The Kier molecular flexibility index (Phi) is 10.2. The number of unbranched alkanes of at least 4 members (excludes halogenated alkanes) is 1. The fourth-order valence-corrected chi connectivity index (χ4v) is 2.66. The number of nitrogens with zero attached hydrogens (tertiary/aromatic N) is 4. The first-order valence-corrected chi connectivity index (χ1v) is 8.81. The molecule has 0 saturated heterocycles. The summed E-state index contributed by atoms with van der Waals surface area (Å²) in [7, 11) is -1.39.